The molecule has 1 atom stereocenters. The highest BCUT2D eigenvalue weighted by Gasteiger charge is 2.31. The van der Waals surface area contributed by atoms with E-state index in [0.717, 1.165) is 31.7 Å². The van der Waals surface area contributed by atoms with E-state index in [1.807, 2.05) is 4.90 Å². The van der Waals surface area contributed by atoms with Gasteiger partial charge in [-0.3, -0.25) is 4.79 Å². The Labute approximate surface area is 144 Å². The van der Waals surface area contributed by atoms with Crippen LogP contribution in [0.3, 0.4) is 0 Å². The Morgan fingerprint density at radius 3 is 2.60 bits per heavy atom. The molecule has 0 aliphatic carbocycles. The van der Waals surface area contributed by atoms with Gasteiger partial charge in [-0.15, -0.1) is 0 Å². The molecule has 8 heteroatoms. The summed E-state index contributed by atoms with van der Waals surface area (Å²) in [6.45, 7) is 2.53. The van der Waals surface area contributed by atoms with Crippen molar-refractivity contribution in [2.45, 2.75) is 38.0 Å². The summed E-state index contributed by atoms with van der Waals surface area (Å²) in [5, 5.41) is 2.95. The van der Waals surface area contributed by atoms with Gasteiger partial charge in [0, 0.05) is 38.4 Å². The molecule has 0 aromatic carbocycles. The SMILES string of the molecule is O=C(NCC1CCCO1)C1CCN(c2ccc(C(F)(F)F)cn2)CC1. The van der Waals surface area contributed by atoms with Crippen molar-refractivity contribution in [3.05, 3.63) is 23.9 Å². The molecule has 25 heavy (non-hydrogen) atoms. The summed E-state index contributed by atoms with van der Waals surface area (Å²) >= 11 is 0. The number of carbonyl (C=O) groups excluding carboxylic acids is 1. The molecule has 0 saturated carbocycles. The third-order valence-electron chi connectivity index (χ3n) is 4.79. The number of pyridine rings is 1. The van der Waals surface area contributed by atoms with Crippen LogP contribution in [0.25, 0.3) is 0 Å². The summed E-state index contributed by atoms with van der Waals surface area (Å²) in [6, 6.07) is 2.43. The van der Waals surface area contributed by atoms with E-state index < -0.39 is 11.7 Å². The van der Waals surface area contributed by atoms with Gasteiger partial charge in [-0.2, -0.15) is 13.2 Å². The van der Waals surface area contributed by atoms with Crippen molar-refractivity contribution >= 4 is 11.7 Å². The lowest BCUT2D eigenvalue weighted by Crippen LogP contribution is -2.42. The van der Waals surface area contributed by atoms with Crippen LogP contribution in [-0.4, -0.2) is 43.2 Å². The maximum absolute atomic E-state index is 12.6. The minimum Gasteiger partial charge on any atom is -0.376 e. The van der Waals surface area contributed by atoms with Crippen LogP contribution in [0, 0.1) is 5.92 Å². The molecule has 1 aromatic rings. The molecule has 2 aliphatic rings. The number of aromatic nitrogens is 1. The van der Waals surface area contributed by atoms with Gasteiger partial charge in [0.25, 0.3) is 0 Å². The number of hydrogen-bond donors (Lipinski definition) is 1. The number of alkyl halides is 3. The van der Waals surface area contributed by atoms with Crippen LogP contribution in [0.5, 0.6) is 0 Å². The van der Waals surface area contributed by atoms with E-state index in [4.69, 9.17) is 4.74 Å². The van der Waals surface area contributed by atoms with Crippen LogP contribution in [0.15, 0.2) is 18.3 Å². The third-order valence-corrected chi connectivity index (χ3v) is 4.79. The Kier molecular flexibility index (Phi) is 5.46. The maximum Gasteiger partial charge on any atom is 0.417 e. The second kappa shape index (κ2) is 7.59. The fraction of sp³-hybridized carbons (Fsp3) is 0.647. The number of halogens is 3. The molecule has 1 aromatic heterocycles. The topological polar surface area (TPSA) is 54.5 Å². The van der Waals surface area contributed by atoms with E-state index in [2.05, 4.69) is 10.3 Å². The summed E-state index contributed by atoms with van der Waals surface area (Å²) in [6.07, 6.45) is -0.0345. The Balaban J connectivity index is 1.47. The molecule has 2 saturated heterocycles. The molecule has 3 rings (SSSR count). The number of anilines is 1. The number of nitrogens with zero attached hydrogens (tertiary/aromatic N) is 2. The van der Waals surface area contributed by atoms with Crippen LogP contribution in [0.2, 0.25) is 0 Å². The van der Waals surface area contributed by atoms with Gasteiger partial charge < -0.3 is 15.0 Å². The zero-order valence-electron chi connectivity index (χ0n) is 13.9. The van der Waals surface area contributed by atoms with Gasteiger partial charge in [0.05, 0.1) is 11.7 Å². The van der Waals surface area contributed by atoms with Crippen LogP contribution < -0.4 is 10.2 Å². The molecular weight excluding hydrogens is 335 g/mol. The van der Waals surface area contributed by atoms with Gasteiger partial charge in [0.2, 0.25) is 5.91 Å². The number of piperidine rings is 1. The minimum atomic E-state index is -4.38. The van der Waals surface area contributed by atoms with Gasteiger partial charge in [-0.05, 0) is 37.8 Å². The Morgan fingerprint density at radius 1 is 1.28 bits per heavy atom. The second-order valence-electron chi connectivity index (χ2n) is 6.54. The Morgan fingerprint density at radius 2 is 2.04 bits per heavy atom. The highest BCUT2D eigenvalue weighted by molar-refractivity contribution is 5.79. The van der Waals surface area contributed by atoms with Crippen molar-refractivity contribution in [3.8, 4) is 0 Å². The quantitative estimate of drug-likeness (QED) is 0.900. The fourth-order valence-corrected chi connectivity index (χ4v) is 3.28. The monoisotopic (exact) mass is 357 g/mol. The zero-order valence-corrected chi connectivity index (χ0v) is 13.9. The van der Waals surface area contributed by atoms with Crippen LogP contribution in [-0.2, 0) is 15.7 Å². The normalized spacial score (nSPS) is 22.2. The fourth-order valence-electron chi connectivity index (χ4n) is 3.28. The van der Waals surface area contributed by atoms with Gasteiger partial charge in [-0.25, -0.2) is 4.98 Å². The van der Waals surface area contributed by atoms with Gasteiger partial charge in [-0.1, -0.05) is 0 Å². The maximum atomic E-state index is 12.6. The molecule has 2 fully saturated rings. The first-order chi connectivity index (χ1) is 11.9. The highest BCUT2D eigenvalue weighted by atomic mass is 19.4. The largest absolute Gasteiger partial charge is 0.417 e. The smallest absolute Gasteiger partial charge is 0.376 e. The van der Waals surface area contributed by atoms with E-state index in [-0.39, 0.29) is 17.9 Å². The molecule has 1 unspecified atom stereocenters. The van der Waals surface area contributed by atoms with Crippen molar-refractivity contribution in [2.75, 3.05) is 31.1 Å². The summed E-state index contributed by atoms with van der Waals surface area (Å²) in [7, 11) is 0. The number of rotatable bonds is 4. The summed E-state index contributed by atoms with van der Waals surface area (Å²) in [5.74, 6) is 0.494. The summed E-state index contributed by atoms with van der Waals surface area (Å²) in [5.41, 5.74) is -0.750. The third kappa shape index (κ3) is 4.62. The number of amides is 1. The van der Waals surface area contributed by atoms with E-state index in [0.29, 0.717) is 38.3 Å². The molecule has 2 aliphatic heterocycles. The molecule has 1 N–H and O–H groups in total. The molecule has 0 spiro atoms. The first-order valence-electron chi connectivity index (χ1n) is 8.61. The molecule has 5 nitrogen and oxygen atoms in total. The molecular formula is C17H22F3N3O2. The predicted molar refractivity (Wildman–Crippen MR) is 86.2 cm³/mol. The van der Waals surface area contributed by atoms with Crippen molar-refractivity contribution in [1.82, 2.24) is 10.3 Å². The van der Waals surface area contributed by atoms with Crippen molar-refractivity contribution < 1.29 is 22.7 Å². The van der Waals surface area contributed by atoms with E-state index >= 15 is 0 Å². The average molecular weight is 357 g/mol. The number of nitrogens with one attached hydrogen (secondary N) is 1. The Hall–Kier alpha value is -1.83. The first-order valence-corrected chi connectivity index (χ1v) is 8.61. The molecule has 0 radical (unpaired) electrons. The lowest BCUT2D eigenvalue weighted by atomic mass is 9.96. The van der Waals surface area contributed by atoms with Crippen molar-refractivity contribution in [2.24, 2.45) is 5.92 Å². The Bertz CT molecular complexity index is 578. The molecule has 138 valence electrons. The minimum absolute atomic E-state index is 0.0375. The molecule has 0 bridgehead atoms. The average Bonchev–Trinajstić information content (AvgIpc) is 3.13. The second-order valence-corrected chi connectivity index (χ2v) is 6.54. The standard InChI is InChI=1S/C17H22F3N3O2/c18-17(19,20)13-3-4-15(21-10-13)23-7-5-12(6-8-23)16(24)22-11-14-2-1-9-25-14/h3-4,10,12,14H,1-2,5-9,11H2,(H,22,24). The van der Waals surface area contributed by atoms with Crippen molar-refractivity contribution in [1.29, 1.82) is 0 Å². The van der Waals surface area contributed by atoms with E-state index in [9.17, 15) is 18.0 Å². The van der Waals surface area contributed by atoms with Crippen LogP contribution in [0.4, 0.5) is 19.0 Å². The number of carbonyl (C=O) groups is 1. The lowest BCUT2D eigenvalue weighted by Gasteiger charge is -2.32. The van der Waals surface area contributed by atoms with E-state index in [1.165, 1.54) is 6.07 Å². The predicted octanol–water partition coefficient (Wildman–Crippen LogP) is 2.61. The van der Waals surface area contributed by atoms with E-state index in [1.54, 1.807) is 0 Å². The molecule has 1 amide bonds. The van der Waals surface area contributed by atoms with Gasteiger partial charge in [0.1, 0.15) is 5.82 Å². The van der Waals surface area contributed by atoms with Crippen LogP contribution >= 0.6 is 0 Å². The number of ether oxygens (including phenoxy) is 1. The van der Waals surface area contributed by atoms with Gasteiger partial charge >= 0.3 is 6.18 Å². The summed E-state index contributed by atoms with van der Waals surface area (Å²) in [4.78, 5) is 18.1. The lowest BCUT2D eigenvalue weighted by molar-refractivity contribution is -0.137. The number of hydrogen-bond acceptors (Lipinski definition) is 4. The van der Waals surface area contributed by atoms with Crippen molar-refractivity contribution in [3.63, 3.8) is 0 Å². The van der Waals surface area contributed by atoms with Crippen LogP contribution in [0.1, 0.15) is 31.2 Å². The highest BCUT2D eigenvalue weighted by Crippen LogP contribution is 2.30. The van der Waals surface area contributed by atoms with Gasteiger partial charge in [0.15, 0.2) is 0 Å². The molecule has 3 heterocycles. The summed E-state index contributed by atoms with van der Waals surface area (Å²) < 4.78 is 43.2. The zero-order chi connectivity index (χ0) is 17.9. The first kappa shape index (κ1) is 18.0.